The predicted octanol–water partition coefficient (Wildman–Crippen LogP) is 1.11. The second-order valence-corrected chi connectivity index (χ2v) is 2.10. The Morgan fingerprint density at radius 3 is 2.60 bits per heavy atom. The molecule has 2 nitrogen and oxygen atoms in total. The quantitative estimate of drug-likeness (QED) is 0.543. The molecule has 0 aromatic rings. The molecule has 0 saturated heterocycles. The maximum absolute atomic E-state index is 3.25. The maximum atomic E-state index is 3.25. The molecule has 0 aliphatic heterocycles. The molecular weight excluding hydrogens is 124 g/mol. The van der Waals surface area contributed by atoms with Crippen LogP contribution in [0.2, 0.25) is 0 Å². The van der Waals surface area contributed by atoms with Gasteiger partial charge in [-0.1, -0.05) is 13.0 Å². The van der Waals surface area contributed by atoms with Crippen LogP contribution in [0.4, 0.5) is 0 Å². The van der Waals surface area contributed by atoms with Crippen molar-refractivity contribution in [2.75, 3.05) is 19.6 Å². The topological polar surface area (TPSA) is 24.1 Å². The van der Waals surface area contributed by atoms with Crippen LogP contribution in [0.25, 0.3) is 0 Å². The van der Waals surface area contributed by atoms with Crippen LogP contribution in [0.1, 0.15) is 20.3 Å². The zero-order valence-electron chi connectivity index (χ0n) is 6.98. The van der Waals surface area contributed by atoms with Crippen LogP contribution in [0.3, 0.4) is 0 Å². The van der Waals surface area contributed by atoms with E-state index in [4.69, 9.17) is 0 Å². The summed E-state index contributed by atoms with van der Waals surface area (Å²) >= 11 is 0. The van der Waals surface area contributed by atoms with Gasteiger partial charge in [-0.3, -0.25) is 0 Å². The summed E-state index contributed by atoms with van der Waals surface area (Å²) in [6.07, 6.45) is 5.27. The average Bonchev–Trinajstić information content (AvgIpc) is 1.97. The van der Waals surface area contributed by atoms with Gasteiger partial charge >= 0.3 is 0 Å². The van der Waals surface area contributed by atoms with E-state index in [2.05, 4.69) is 30.6 Å². The van der Waals surface area contributed by atoms with Crippen LogP contribution in [0, 0.1) is 0 Å². The molecule has 0 aliphatic rings. The molecule has 0 spiro atoms. The lowest BCUT2D eigenvalue weighted by Crippen LogP contribution is -2.13. The molecule has 2 heteroatoms. The lowest BCUT2D eigenvalue weighted by molar-refractivity contribution is 0.724. The minimum absolute atomic E-state index is 1.01. The molecule has 0 aromatic heterocycles. The number of rotatable bonds is 6. The van der Waals surface area contributed by atoms with Crippen molar-refractivity contribution >= 4 is 0 Å². The van der Waals surface area contributed by atoms with Crippen LogP contribution in [-0.4, -0.2) is 19.6 Å². The van der Waals surface area contributed by atoms with Crippen molar-refractivity contribution in [3.05, 3.63) is 12.3 Å². The Balaban J connectivity index is 2.88. The molecular formula is C8H18N2. The van der Waals surface area contributed by atoms with Crippen LogP contribution in [-0.2, 0) is 0 Å². The first-order valence-corrected chi connectivity index (χ1v) is 4.01. The normalized spacial score (nSPS) is 10.6. The Bertz CT molecular complexity index is 79.3. The zero-order chi connectivity index (χ0) is 7.66. The molecule has 0 rings (SSSR count). The van der Waals surface area contributed by atoms with Crippen LogP contribution in [0.5, 0.6) is 0 Å². The van der Waals surface area contributed by atoms with Crippen molar-refractivity contribution in [3.63, 3.8) is 0 Å². The highest BCUT2D eigenvalue weighted by Crippen LogP contribution is 1.77. The smallest absolute Gasteiger partial charge is 0.0112 e. The predicted molar refractivity (Wildman–Crippen MR) is 46.0 cm³/mol. The number of hydrogen-bond donors (Lipinski definition) is 2. The van der Waals surface area contributed by atoms with Gasteiger partial charge in [-0.25, -0.2) is 0 Å². The maximum Gasteiger partial charge on any atom is 0.0112 e. The van der Waals surface area contributed by atoms with E-state index >= 15 is 0 Å². The first-order valence-electron chi connectivity index (χ1n) is 4.01. The third-order valence-electron chi connectivity index (χ3n) is 1.18. The molecule has 2 N–H and O–H groups in total. The highest BCUT2D eigenvalue weighted by atomic mass is 14.8. The van der Waals surface area contributed by atoms with Gasteiger partial charge in [-0.05, 0) is 32.6 Å². The van der Waals surface area contributed by atoms with E-state index in [0.29, 0.717) is 0 Å². The highest BCUT2D eigenvalue weighted by molar-refractivity contribution is 4.79. The summed E-state index contributed by atoms with van der Waals surface area (Å²) in [4.78, 5) is 0. The summed E-state index contributed by atoms with van der Waals surface area (Å²) in [6.45, 7) is 7.37. The van der Waals surface area contributed by atoms with Gasteiger partial charge in [0.15, 0.2) is 0 Å². The van der Waals surface area contributed by atoms with Gasteiger partial charge in [0, 0.05) is 6.54 Å². The Kier molecular flexibility index (Phi) is 8.07. The lowest BCUT2D eigenvalue weighted by atomic mass is 10.4. The molecule has 0 saturated carbocycles. The van der Waals surface area contributed by atoms with E-state index < -0.39 is 0 Å². The molecule has 0 amide bonds. The molecule has 0 aromatic carbocycles. The van der Waals surface area contributed by atoms with Gasteiger partial charge in [0.05, 0.1) is 0 Å². The average molecular weight is 142 g/mol. The summed E-state index contributed by atoms with van der Waals surface area (Å²) in [5.74, 6) is 0. The fourth-order valence-electron chi connectivity index (χ4n) is 0.647. The Morgan fingerprint density at radius 2 is 2.00 bits per heavy atom. The van der Waals surface area contributed by atoms with Crippen molar-refractivity contribution in [2.24, 2.45) is 0 Å². The second kappa shape index (κ2) is 8.50. The summed E-state index contributed by atoms with van der Waals surface area (Å²) in [5.41, 5.74) is 0. The van der Waals surface area contributed by atoms with Crippen LogP contribution >= 0.6 is 0 Å². The summed E-state index contributed by atoms with van der Waals surface area (Å²) in [7, 11) is 0. The summed E-state index contributed by atoms with van der Waals surface area (Å²) in [5, 5.41) is 6.36. The third-order valence-corrected chi connectivity index (χ3v) is 1.18. The molecule has 0 bridgehead atoms. The minimum Gasteiger partial charge on any atom is -0.391 e. The number of nitrogens with one attached hydrogen (secondary N) is 2. The fraction of sp³-hybridized carbons (Fsp3) is 0.750. The molecule has 10 heavy (non-hydrogen) atoms. The Hall–Kier alpha value is -0.500. The largest absolute Gasteiger partial charge is 0.391 e. The molecule has 0 unspecified atom stereocenters. The summed E-state index contributed by atoms with van der Waals surface area (Å²) in [6, 6.07) is 0. The zero-order valence-corrected chi connectivity index (χ0v) is 6.98. The van der Waals surface area contributed by atoms with Crippen molar-refractivity contribution in [1.82, 2.24) is 10.6 Å². The second-order valence-electron chi connectivity index (χ2n) is 2.10. The van der Waals surface area contributed by atoms with Crippen LogP contribution in [0.15, 0.2) is 12.3 Å². The van der Waals surface area contributed by atoms with Crippen molar-refractivity contribution < 1.29 is 0 Å². The fourth-order valence-corrected chi connectivity index (χ4v) is 0.647. The molecule has 0 radical (unpaired) electrons. The molecule has 0 atom stereocenters. The molecule has 0 aliphatic carbocycles. The van der Waals surface area contributed by atoms with Crippen molar-refractivity contribution in [1.29, 1.82) is 0 Å². The van der Waals surface area contributed by atoms with Gasteiger partial charge < -0.3 is 10.6 Å². The van der Waals surface area contributed by atoms with Gasteiger partial charge in [-0.2, -0.15) is 0 Å². The van der Waals surface area contributed by atoms with Crippen molar-refractivity contribution in [2.45, 2.75) is 20.3 Å². The Morgan fingerprint density at radius 1 is 1.20 bits per heavy atom. The van der Waals surface area contributed by atoms with E-state index in [1.165, 1.54) is 0 Å². The van der Waals surface area contributed by atoms with E-state index in [1.54, 1.807) is 0 Å². The van der Waals surface area contributed by atoms with E-state index in [9.17, 15) is 0 Å². The first kappa shape index (κ1) is 9.50. The first-order chi connectivity index (χ1) is 4.91. The Labute approximate surface area is 63.7 Å². The van der Waals surface area contributed by atoms with E-state index in [0.717, 1.165) is 26.1 Å². The van der Waals surface area contributed by atoms with Crippen LogP contribution < -0.4 is 10.6 Å². The van der Waals surface area contributed by atoms with Crippen molar-refractivity contribution in [3.8, 4) is 0 Å². The summed E-state index contributed by atoms with van der Waals surface area (Å²) < 4.78 is 0. The molecule has 0 fully saturated rings. The van der Waals surface area contributed by atoms with Gasteiger partial charge in [0.1, 0.15) is 0 Å². The van der Waals surface area contributed by atoms with E-state index in [1.807, 2.05) is 6.20 Å². The van der Waals surface area contributed by atoms with Gasteiger partial charge in [0.2, 0.25) is 0 Å². The SMILES string of the molecule is CCNC=CCCNCC. The van der Waals surface area contributed by atoms with E-state index in [-0.39, 0.29) is 0 Å². The standard InChI is InChI=1S/C8H18N2/c1-3-9-7-5-6-8-10-4-2/h5,7,9-10H,3-4,6,8H2,1-2H3. The number of hydrogen-bond acceptors (Lipinski definition) is 2. The molecule has 0 heterocycles. The monoisotopic (exact) mass is 142 g/mol. The third kappa shape index (κ3) is 7.50. The van der Waals surface area contributed by atoms with Gasteiger partial charge in [-0.15, -0.1) is 0 Å². The molecule has 60 valence electrons. The minimum atomic E-state index is 1.01. The lowest BCUT2D eigenvalue weighted by Gasteiger charge is -1.95. The van der Waals surface area contributed by atoms with Gasteiger partial charge in [0.25, 0.3) is 0 Å². The highest BCUT2D eigenvalue weighted by Gasteiger charge is 1.77.